The number of furan rings is 2. The second-order valence-corrected chi connectivity index (χ2v) is 6.73. The summed E-state index contributed by atoms with van der Waals surface area (Å²) in [5.74, 6) is 0.598. The molecule has 5 aromatic rings. The number of hydrogen-bond acceptors (Lipinski definition) is 2. The van der Waals surface area contributed by atoms with Crippen molar-refractivity contribution in [3.05, 3.63) is 65.9 Å². The van der Waals surface area contributed by atoms with E-state index in [0.29, 0.717) is 5.78 Å². The summed E-state index contributed by atoms with van der Waals surface area (Å²) in [5.41, 5.74) is 6.55. The lowest BCUT2D eigenvalue weighted by molar-refractivity contribution is -0.660. The van der Waals surface area contributed by atoms with E-state index in [1.54, 1.807) is 0 Å². The number of aryl methyl sites for hydroxylation is 3. The third-order valence-electron chi connectivity index (χ3n) is 4.94. The van der Waals surface area contributed by atoms with Crippen LogP contribution < -0.4 is 4.57 Å². The molecule has 0 aliphatic rings. The quantitative estimate of drug-likeness (QED) is 0.384. The minimum Gasteiger partial charge on any atom is -0.425 e. The van der Waals surface area contributed by atoms with Gasteiger partial charge in [-0.2, -0.15) is 0 Å². The van der Waals surface area contributed by atoms with E-state index >= 15 is 0 Å². The second kappa shape index (κ2) is 4.96. The maximum atomic E-state index is 6.05. The largest absolute Gasteiger partial charge is 0.425 e. The van der Waals surface area contributed by atoms with Crippen molar-refractivity contribution in [2.45, 2.75) is 13.8 Å². The Morgan fingerprint density at radius 3 is 2.52 bits per heavy atom. The Morgan fingerprint density at radius 2 is 1.64 bits per heavy atom. The van der Waals surface area contributed by atoms with Crippen LogP contribution in [0.2, 0.25) is 0 Å². The molecule has 0 aliphatic carbocycles. The van der Waals surface area contributed by atoms with Gasteiger partial charge in [-0.3, -0.25) is 0 Å². The molecule has 3 aromatic heterocycles. The minimum absolute atomic E-state index is 0.598. The van der Waals surface area contributed by atoms with Crippen LogP contribution in [0.4, 0.5) is 0 Å². The Kier molecular flexibility index (Phi) is 2.84. The van der Waals surface area contributed by atoms with E-state index in [4.69, 9.17) is 8.83 Å². The van der Waals surface area contributed by atoms with Crippen LogP contribution in [0.3, 0.4) is 0 Å². The van der Waals surface area contributed by atoms with E-state index in [9.17, 15) is 0 Å². The van der Waals surface area contributed by atoms with Crippen molar-refractivity contribution in [1.82, 2.24) is 0 Å². The Hall–Kier alpha value is -3.07. The molecule has 0 radical (unpaired) electrons. The molecule has 0 bridgehead atoms. The molecule has 122 valence electrons. The number of benzene rings is 2. The lowest BCUT2D eigenvalue weighted by atomic mass is 10.0. The van der Waals surface area contributed by atoms with Crippen LogP contribution in [-0.4, -0.2) is 0 Å². The van der Waals surface area contributed by atoms with E-state index in [0.717, 1.165) is 27.3 Å². The SMILES string of the molecule is Cc1cc[n+](C)c(-c2cc3oc4oc5ccccc5c4c3cc2C)c1. The third kappa shape index (κ3) is 2.02. The van der Waals surface area contributed by atoms with Gasteiger partial charge in [-0.15, -0.1) is 0 Å². The first-order chi connectivity index (χ1) is 12.1. The van der Waals surface area contributed by atoms with E-state index < -0.39 is 0 Å². The zero-order valence-corrected chi connectivity index (χ0v) is 14.5. The van der Waals surface area contributed by atoms with Crippen LogP contribution in [0.5, 0.6) is 0 Å². The molecule has 0 saturated heterocycles. The average molecular weight is 328 g/mol. The van der Waals surface area contributed by atoms with Crippen molar-refractivity contribution >= 4 is 33.1 Å². The van der Waals surface area contributed by atoms with E-state index in [1.807, 2.05) is 18.2 Å². The van der Waals surface area contributed by atoms with Crippen molar-refractivity contribution in [1.29, 1.82) is 0 Å². The summed E-state index contributed by atoms with van der Waals surface area (Å²) in [5, 5.41) is 3.27. The van der Waals surface area contributed by atoms with Gasteiger partial charge in [0, 0.05) is 22.9 Å². The molecule has 25 heavy (non-hydrogen) atoms. The number of fused-ring (bicyclic) bond motifs is 5. The number of aromatic nitrogens is 1. The first-order valence-corrected chi connectivity index (χ1v) is 8.43. The second-order valence-electron chi connectivity index (χ2n) is 6.73. The highest BCUT2D eigenvalue weighted by molar-refractivity contribution is 6.17. The zero-order valence-electron chi connectivity index (χ0n) is 14.5. The van der Waals surface area contributed by atoms with Gasteiger partial charge in [-0.05, 0) is 43.2 Å². The fourth-order valence-electron chi connectivity index (χ4n) is 3.64. The van der Waals surface area contributed by atoms with Gasteiger partial charge >= 0.3 is 0 Å². The summed E-state index contributed by atoms with van der Waals surface area (Å²) in [7, 11) is 2.07. The van der Waals surface area contributed by atoms with Crippen LogP contribution in [-0.2, 0) is 7.05 Å². The van der Waals surface area contributed by atoms with Gasteiger partial charge in [0.05, 0.1) is 10.9 Å². The summed E-state index contributed by atoms with van der Waals surface area (Å²) < 4.78 is 14.1. The molecule has 0 fully saturated rings. The minimum atomic E-state index is 0.598. The van der Waals surface area contributed by atoms with Crippen LogP contribution >= 0.6 is 0 Å². The van der Waals surface area contributed by atoms with Gasteiger partial charge in [0.25, 0.3) is 5.78 Å². The fraction of sp³-hybridized carbons (Fsp3) is 0.136. The average Bonchev–Trinajstić information content (AvgIpc) is 3.12. The van der Waals surface area contributed by atoms with Gasteiger partial charge in [-0.1, -0.05) is 18.2 Å². The Morgan fingerprint density at radius 1 is 0.840 bits per heavy atom. The summed E-state index contributed by atoms with van der Waals surface area (Å²) in [6, 6.07) is 16.7. The summed E-state index contributed by atoms with van der Waals surface area (Å²) in [6.45, 7) is 4.27. The molecular formula is C22H18NO2+. The van der Waals surface area contributed by atoms with Crippen molar-refractivity contribution in [2.24, 2.45) is 7.05 Å². The molecule has 0 spiro atoms. The number of rotatable bonds is 1. The number of nitrogens with zero attached hydrogens (tertiary/aromatic N) is 1. The van der Waals surface area contributed by atoms with Gasteiger partial charge in [0.15, 0.2) is 6.20 Å². The third-order valence-corrected chi connectivity index (χ3v) is 4.94. The molecule has 2 aromatic carbocycles. The monoisotopic (exact) mass is 328 g/mol. The van der Waals surface area contributed by atoms with E-state index in [2.05, 4.69) is 62.0 Å². The zero-order chi connectivity index (χ0) is 17.1. The molecule has 0 N–H and O–H groups in total. The lowest BCUT2D eigenvalue weighted by Crippen LogP contribution is -2.30. The summed E-state index contributed by atoms with van der Waals surface area (Å²) >= 11 is 0. The molecule has 0 saturated carbocycles. The molecule has 3 heteroatoms. The Labute approximate surface area is 145 Å². The van der Waals surface area contributed by atoms with E-state index in [1.165, 1.54) is 22.4 Å². The topological polar surface area (TPSA) is 30.2 Å². The van der Waals surface area contributed by atoms with Gasteiger partial charge in [-0.25, -0.2) is 4.57 Å². The highest BCUT2D eigenvalue weighted by Gasteiger charge is 2.19. The highest BCUT2D eigenvalue weighted by atomic mass is 16.5. The van der Waals surface area contributed by atoms with Crippen molar-refractivity contribution in [2.75, 3.05) is 0 Å². The van der Waals surface area contributed by atoms with Gasteiger partial charge < -0.3 is 8.83 Å². The van der Waals surface area contributed by atoms with Crippen LogP contribution in [0, 0.1) is 13.8 Å². The van der Waals surface area contributed by atoms with Crippen LogP contribution in [0.1, 0.15) is 11.1 Å². The predicted octanol–water partition coefficient (Wildman–Crippen LogP) is 5.44. The first kappa shape index (κ1) is 14.3. The Balaban J connectivity index is 1.85. The highest BCUT2D eigenvalue weighted by Crippen LogP contribution is 2.39. The van der Waals surface area contributed by atoms with Crippen LogP contribution in [0.25, 0.3) is 44.4 Å². The van der Waals surface area contributed by atoms with Crippen molar-refractivity contribution in [3.63, 3.8) is 0 Å². The van der Waals surface area contributed by atoms with Crippen molar-refractivity contribution in [3.8, 4) is 11.3 Å². The molecule has 0 unspecified atom stereocenters. The molecule has 0 atom stereocenters. The first-order valence-electron chi connectivity index (χ1n) is 8.43. The summed E-state index contributed by atoms with van der Waals surface area (Å²) in [4.78, 5) is 0. The molecule has 0 amide bonds. The molecule has 3 heterocycles. The van der Waals surface area contributed by atoms with Gasteiger partial charge in [0.2, 0.25) is 5.69 Å². The molecule has 5 rings (SSSR count). The smallest absolute Gasteiger partial charge is 0.299 e. The standard InChI is InChI=1S/C22H18NO2/c1-13-8-9-23(3)18(10-13)16-12-20-17(11-14(16)2)21-15-6-4-5-7-19(15)24-22(21)25-20/h4-12H,1-3H3/q+1. The van der Waals surface area contributed by atoms with E-state index in [-0.39, 0.29) is 0 Å². The molecular weight excluding hydrogens is 310 g/mol. The van der Waals surface area contributed by atoms with Crippen LogP contribution in [0.15, 0.2) is 63.6 Å². The number of pyridine rings is 1. The molecule has 0 aliphatic heterocycles. The molecule has 3 nitrogen and oxygen atoms in total. The lowest BCUT2D eigenvalue weighted by Gasteiger charge is -2.05. The predicted molar refractivity (Wildman–Crippen MR) is 99.6 cm³/mol. The summed E-state index contributed by atoms with van der Waals surface area (Å²) in [6.07, 6.45) is 2.09. The normalized spacial score (nSPS) is 11.8. The van der Waals surface area contributed by atoms with Gasteiger partial charge in [0.1, 0.15) is 18.2 Å². The maximum Gasteiger partial charge on any atom is 0.299 e. The number of hydrogen-bond donors (Lipinski definition) is 0. The van der Waals surface area contributed by atoms with Crippen molar-refractivity contribution < 1.29 is 13.4 Å². The fourth-order valence-corrected chi connectivity index (χ4v) is 3.64. The number of para-hydroxylation sites is 1. The Bertz CT molecular complexity index is 1270. The maximum absolute atomic E-state index is 6.05.